The molecule has 3 aromatic carbocycles. The number of carbonyl (C=O) groups excluding carboxylic acids is 1. The zero-order chi connectivity index (χ0) is 17.4. The molecule has 123 valence electrons. The van der Waals surface area contributed by atoms with Gasteiger partial charge in [-0.2, -0.15) is 0 Å². The van der Waals surface area contributed by atoms with Gasteiger partial charge in [-0.25, -0.2) is 0 Å². The van der Waals surface area contributed by atoms with Gasteiger partial charge in [-0.05, 0) is 48.7 Å². The second-order valence-electron chi connectivity index (χ2n) is 6.39. The average Bonchev–Trinajstić information content (AvgIpc) is 2.93. The quantitative estimate of drug-likeness (QED) is 0.598. The van der Waals surface area contributed by atoms with Gasteiger partial charge in [-0.15, -0.1) is 0 Å². The van der Waals surface area contributed by atoms with Crippen molar-refractivity contribution in [3.05, 3.63) is 83.4 Å². The fourth-order valence-electron chi connectivity index (χ4n) is 3.49. The van der Waals surface area contributed by atoms with Crippen molar-refractivity contribution in [3.8, 4) is 0 Å². The van der Waals surface area contributed by atoms with Crippen LogP contribution < -0.4 is 5.73 Å². The SMILES string of the molecule is Cc1c[c]c2c3c(C(N)=O)cccc3n(CCc3ccccc3)c2c1. The minimum atomic E-state index is -0.401. The van der Waals surface area contributed by atoms with Crippen LogP contribution in [0.5, 0.6) is 0 Å². The number of hydrogen-bond donors (Lipinski definition) is 1. The number of aryl methyl sites for hydroxylation is 3. The highest BCUT2D eigenvalue weighted by Gasteiger charge is 2.16. The number of hydrogen-bond acceptors (Lipinski definition) is 1. The Kier molecular flexibility index (Phi) is 3.77. The summed E-state index contributed by atoms with van der Waals surface area (Å²) in [6.45, 7) is 2.90. The summed E-state index contributed by atoms with van der Waals surface area (Å²) >= 11 is 0. The number of nitrogens with zero attached hydrogens (tertiary/aromatic N) is 1. The van der Waals surface area contributed by atoms with E-state index >= 15 is 0 Å². The van der Waals surface area contributed by atoms with E-state index < -0.39 is 5.91 Å². The summed E-state index contributed by atoms with van der Waals surface area (Å²) in [5.74, 6) is -0.401. The first-order valence-electron chi connectivity index (χ1n) is 8.42. The molecule has 0 aliphatic carbocycles. The van der Waals surface area contributed by atoms with Crippen LogP contribution in [0.1, 0.15) is 21.5 Å². The first-order valence-corrected chi connectivity index (χ1v) is 8.42. The number of primary amides is 1. The third-order valence-electron chi connectivity index (χ3n) is 4.67. The molecule has 3 heteroatoms. The van der Waals surface area contributed by atoms with Gasteiger partial charge in [0, 0.05) is 28.4 Å². The maximum absolute atomic E-state index is 11.9. The van der Waals surface area contributed by atoms with Gasteiger partial charge in [-0.3, -0.25) is 4.79 Å². The van der Waals surface area contributed by atoms with Gasteiger partial charge in [0.2, 0.25) is 5.91 Å². The molecule has 1 amide bonds. The van der Waals surface area contributed by atoms with Crippen LogP contribution in [0.2, 0.25) is 0 Å². The highest BCUT2D eigenvalue weighted by molar-refractivity contribution is 6.17. The van der Waals surface area contributed by atoms with Gasteiger partial charge in [0.25, 0.3) is 0 Å². The summed E-state index contributed by atoms with van der Waals surface area (Å²) in [6, 6.07) is 23.6. The predicted molar refractivity (Wildman–Crippen MR) is 102 cm³/mol. The van der Waals surface area contributed by atoms with Gasteiger partial charge < -0.3 is 10.3 Å². The van der Waals surface area contributed by atoms with Crippen molar-refractivity contribution in [2.75, 3.05) is 0 Å². The molecule has 2 N–H and O–H groups in total. The molecule has 4 aromatic rings. The van der Waals surface area contributed by atoms with E-state index in [0.717, 1.165) is 40.3 Å². The molecule has 1 aromatic heterocycles. The third kappa shape index (κ3) is 2.68. The van der Waals surface area contributed by atoms with E-state index in [1.54, 1.807) is 6.07 Å². The van der Waals surface area contributed by atoms with Gasteiger partial charge in [-0.1, -0.05) is 42.5 Å². The lowest BCUT2D eigenvalue weighted by atomic mass is 10.1. The highest BCUT2D eigenvalue weighted by Crippen LogP contribution is 2.32. The Bertz CT molecular complexity index is 1080. The topological polar surface area (TPSA) is 48.0 Å². The van der Waals surface area contributed by atoms with Gasteiger partial charge >= 0.3 is 0 Å². The molecule has 0 unspecified atom stereocenters. The van der Waals surface area contributed by atoms with Crippen molar-refractivity contribution in [3.63, 3.8) is 0 Å². The zero-order valence-electron chi connectivity index (χ0n) is 14.1. The van der Waals surface area contributed by atoms with Gasteiger partial charge in [0.15, 0.2) is 0 Å². The first kappa shape index (κ1) is 15.5. The maximum Gasteiger partial charge on any atom is 0.249 e. The number of amides is 1. The van der Waals surface area contributed by atoms with Crippen molar-refractivity contribution < 1.29 is 4.79 Å². The van der Waals surface area contributed by atoms with Crippen LogP contribution in [0.25, 0.3) is 21.8 Å². The van der Waals surface area contributed by atoms with Gasteiger partial charge in [0.05, 0.1) is 5.52 Å². The largest absolute Gasteiger partial charge is 0.366 e. The number of rotatable bonds is 4. The smallest absolute Gasteiger partial charge is 0.249 e. The minimum absolute atomic E-state index is 0.401. The molecule has 0 aliphatic heterocycles. The monoisotopic (exact) mass is 327 g/mol. The summed E-state index contributed by atoms with van der Waals surface area (Å²) in [5.41, 5.74) is 10.7. The average molecular weight is 327 g/mol. The second kappa shape index (κ2) is 6.10. The summed E-state index contributed by atoms with van der Waals surface area (Å²) in [7, 11) is 0. The fourth-order valence-corrected chi connectivity index (χ4v) is 3.49. The summed E-state index contributed by atoms with van der Waals surface area (Å²) in [5, 5.41) is 1.86. The molecule has 0 saturated carbocycles. The Balaban J connectivity index is 1.93. The molecule has 0 saturated heterocycles. The van der Waals surface area contributed by atoms with Crippen LogP contribution in [-0.4, -0.2) is 10.5 Å². The van der Waals surface area contributed by atoms with Crippen LogP contribution in [-0.2, 0) is 13.0 Å². The van der Waals surface area contributed by atoms with E-state index in [4.69, 9.17) is 5.73 Å². The molecule has 0 spiro atoms. The molecule has 0 fully saturated rings. The van der Waals surface area contributed by atoms with E-state index in [-0.39, 0.29) is 0 Å². The molecule has 0 bridgehead atoms. The van der Waals surface area contributed by atoms with E-state index in [9.17, 15) is 4.79 Å². The Hall–Kier alpha value is -3.07. The zero-order valence-corrected chi connectivity index (χ0v) is 14.1. The van der Waals surface area contributed by atoms with Crippen molar-refractivity contribution in [1.29, 1.82) is 0 Å². The number of nitrogens with two attached hydrogens (primary N) is 1. The lowest BCUT2D eigenvalue weighted by Gasteiger charge is -2.08. The molecular weight excluding hydrogens is 308 g/mol. The number of carbonyl (C=O) groups is 1. The third-order valence-corrected chi connectivity index (χ3v) is 4.67. The van der Waals surface area contributed by atoms with E-state index in [0.29, 0.717) is 5.56 Å². The maximum atomic E-state index is 11.9. The number of fused-ring (bicyclic) bond motifs is 3. The first-order chi connectivity index (χ1) is 12.1. The molecular formula is C22H19N2O. The predicted octanol–water partition coefficient (Wildman–Crippen LogP) is 4.24. The fraction of sp³-hybridized carbons (Fsp3) is 0.136. The molecule has 0 atom stereocenters. The van der Waals surface area contributed by atoms with Crippen molar-refractivity contribution >= 4 is 27.7 Å². The van der Waals surface area contributed by atoms with Crippen LogP contribution in [0.15, 0.2) is 60.7 Å². The summed E-state index contributed by atoms with van der Waals surface area (Å²) in [4.78, 5) is 11.9. The lowest BCUT2D eigenvalue weighted by Crippen LogP contribution is -2.11. The van der Waals surface area contributed by atoms with Crippen LogP contribution >= 0.6 is 0 Å². The number of benzene rings is 3. The molecule has 0 aliphatic rings. The highest BCUT2D eigenvalue weighted by atomic mass is 16.1. The van der Waals surface area contributed by atoms with Crippen LogP contribution in [0, 0.1) is 13.0 Å². The lowest BCUT2D eigenvalue weighted by molar-refractivity contribution is 0.100. The Labute approximate surface area is 146 Å². The Morgan fingerprint density at radius 3 is 2.64 bits per heavy atom. The minimum Gasteiger partial charge on any atom is -0.366 e. The van der Waals surface area contributed by atoms with Crippen molar-refractivity contribution in [1.82, 2.24) is 4.57 Å². The van der Waals surface area contributed by atoms with Gasteiger partial charge in [0.1, 0.15) is 0 Å². The van der Waals surface area contributed by atoms with Crippen LogP contribution in [0.3, 0.4) is 0 Å². The Morgan fingerprint density at radius 1 is 1.08 bits per heavy atom. The summed E-state index contributed by atoms with van der Waals surface area (Å²) < 4.78 is 2.27. The molecule has 1 heterocycles. The second-order valence-corrected chi connectivity index (χ2v) is 6.39. The van der Waals surface area contributed by atoms with Crippen LogP contribution in [0.4, 0.5) is 0 Å². The molecule has 3 nitrogen and oxygen atoms in total. The Morgan fingerprint density at radius 2 is 1.88 bits per heavy atom. The van der Waals surface area contributed by atoms with E-state index in [2.05, 4.69) is 54.0 Å². The normalized spacial score (nSPS) is 11.2. The standard InChI is InChI=1S/C22H19N2O/c1-15-10-11-17-20(14-15)24(13-12-16-6-3-2-4-7-16)19-9-5-8-18(21(17)19)22(23)25/h2-10,14H,12-13H2,1H3,(H2,23,25). The van der Waals surface area contributed by atoms with Crippen molar-refractivity contribution in [2.24, 2.45) is 5.73 Å². The summed E-state index contributed by atoms with van der Waals surface area (Å²) in [6.07, 6.45) is 0.925. The van der Waals surface area contributed by atoms with Crippen molar-refractivity contribution in [2.45, 2.75) is 19.9 Å². The number of aromatic nitrogens is 1. The molecule has 25 heavy (non-hydrogen) atoms. The van der Waals surface area contributed by atoms with E-state index in [1.165, 1.54) is 5.56 Å². The van der Waals surface area contributed by atoms with E-state index in [1.807, 2.05) is 18.2 Å². The molecule has 4 rings (SSSR count). The molecule has 1 radical (unpaired) electrons.